The maximum atomic E-state index is 13.4. The van der Waals surface area contributed by atoms with Gasteiger partial charge in [0.2, 0.25) is 5.91 Å². The van der Waals surface area contributed by atoms with Gasteiger partial charge in [-0.25, -0.2) is 8.42 Å². The summed E-state index contributed by atoms with van der Waals surface area (Å²) >= 11 is 13.6. The Hall–Kier alpha value is -2.39. The summed E-state index contributed by atoms with van der Waals surface area (Å²) < 4.78 is 32.9. The van der Waals surface area contributed by atoms with Crippen LogP contribution in [-0.4, -0.2) is 40.3 Å². The summed E-state index contributed by atoms with van der Waals surface area (Å²) in [5.41, 5.74) is 1.44. The Kier molecular flexibility index (Phi) is 9.53. The summed E-state index contributed by atoms with van der Waals surface area (Å²) in [5, 5.41) is 3.95. The third-order valence-corrected chi connectivity index (χ3v) is 8.08. The molecular weight excluding hydrogens is 515 g/mol. The molecule has 180 valence electrons. The van der Waals surface area contributed by atoms with Crippen LogP contribution >= 0.6 is 35.0 Å². The first-order chi connectivity index (χ1) is 16.3. The fourth-order valence-electron chi connectivity index (χ4n) is 3.06. The Labute approximate surface area is 214 Å². The molecule has 0 fully saturated rings. The zero-order chi connectivity index (χ0) is 24.6. The molecular formula is C24H24Cl2N2O4S2. The first kappa shape index (κ1) is 26.2. The van der Waals surface area contributed by atoms with Crippen LogP contribution in [0.5, 0.6) is 5.75 Å². The molecule has 34 heavy (non-hydrogen) atoms. The lowest BCUT2D eigenvalue weighted by atomic mass is 10.2. The van der Waals surface area contributed by atoms with Crippen molar-refractivity contribution >= 4 is 56.6 Å². The Morgan fingerprint density at radius 2 is 1.71 bits per heavy atom. The normalized spacial score (nSPS) is 11.1. The number of carbonyl (C=O) groups excluding carboxylic acids is 1. The van der Waals surface area contributed by atoms with Gasteiger partial charge in [0.05, 0.1) is 17.7 Å². The van der Waals surface area contributed by atoms with Gasteiger partial charge in [-0.05, 0) is 66.2 Å². The van der Waals surface area contributed by atoms with Gasteiger partial charge in [-0.3, -0.25) is 9.10 Å². The number of benzene rings is 3. The minimum absolute atomic E-state index is 0.0492. The number of hydrogen-bond acceptors (Lipinski definition) is 5. The van der Waals surface area contributed by atoms with Crippen LogP contribution in [0.15, 0.2) is 77.7 Å². The molecule has 3 aromatic carbocycles. The van der Waals surface area contributed by atoms with E-state index in [0.717, 1.165) is 15.6 Å². The number of carbonyl (C=O) groups is 1. The quantitative estimate of drug-likeness (QED) is 0.337. The molecule has 0 unspecified atom stereocenters. The summed E-state index contributed by atoms with van der Waals surface area (Å²) in [5.74, 6) is 1.56. The minimum atomic E-state index is -4.01. The molecule has 3 aromatic rings. The molecule has 0 aromatic heterocycles. The van der Waals surface area contributed by atoms with Crippen LogP contribution < -0.4 is 14.4 Å². The van der Waals surface area contributed by atoms with Crippen molar-refractivity contribution in [1.82, 2.24) is 5.32 Å². The highest BCUT2D eigenvalue weighted by atomic mass is 35.5. The number of methoxy groups -OCH3 is 1. The lowest BCUT2D eigenvalue weighted by Crippen LogP contribution is -2.41. The third-order valence-electron chi connectivity index (χ3n) is 4.78. The van der Waals surface area contributed by atoms with Gasteiger partial charge in [0.1, 0.15) is 12.3 Å². The van der Waals surface area contributed by atoms with E-state index in [4.69, 9.17) is 27.9 Å². The van der Waals surface area contributed by atoms with E-state index in [2.05, 4.69) is 5.32 Å². The molecule has 0 atom stereocenters. The van der Waals surface area contributed by atoms with Crippen molar-refractivity contribution in [2.24, 2.45) is 0 Å². The van der Waals surface area contributed by atoms with Crippen LogP contribution in [0.2, 0.25) is 10.0 Å². The van der Waals surface area contributed by atoms with Crippen LogP contribution in [0.4, 0.5) is 5.69 Å². The number of ether oxygens (including phenoxy) is 1. The molecule has 0 aliphatic carbocycles. The van der Waals surface area contributed by atoms with Gasteiger partial charge >= 0.3 is 0 Å². The molecule has 6 nitrogen and oxygen atoms in total. The fourth-order valence-corrected chi connectivity index (χ4v) is 5.63. The smallest absolute Gasteiger partial charge is 0.264 e. The molecule has 0 spiro atoms. The molecule has 0 aliphatic heterocycles. The summed E-state index contributed by atoms with van der Waals surface area (Å²) in [6, 6.07) is 19.9. The van der Waals surface area contributed by atoms with Crippen LogP contribution in [0.25, 0.3) is 0 Å². The lowest BCUT2D eigenvalue weighted by Gasteiger charge is -2.24. The Bertz CT molecular complexity index is 1200. The third kappa shape index (κ3) is 7.30. The van der Waals surface area contributed by atoms with Crippen LogP contribution in [0, 0.1) is 0 Å². The zero-order valence-corrected chi connectivity index (χ0v) is 21.6. The number of sulfonamides is 1. The number of anilines is 1. The SMILES string of the molecule is COc1ccc(S(=O)(=O)N(CC(=O)NCCSCc2cccc(Cl)c2)c2ccc(Cl)cc2)cc1. The van der Waals surface area contributed by atoms with Crippen molar-refractivity contribution < 1.29 is 17.9 Å². The Morgan fingerprint density at radius 3 is 2.35 bits per heavy atom. The molecule has 0 saturated heterocycles. The second-order valence-corrected chi connectivity index (χ2v) is 11.0. The van der Waals surface area contributed by atoms with Gasteiger partial charge in [0.25, 0.3) is 10.0 Å². The molecule has 0 aliphatic rings. The van der Waals surface area contributed by atoms with Crippen molar-refractivity contribution in [3.8, 4) is 5.75 Å². The average molecular weight is 540 g/mol. The largest absolute Gasteiger partial charge is 0.497 e. The molecule has 1 amide bonds. The van der Waals surface area contributed by atoms with Gasteiger partial charge in [-0.1, -0.05) is 35.3 Å². The monoisotopic (exact) mass is 538 g/mol. The van der Waals surface area contributed by atoms with Gasteiger partial charge in [0.15, 0.2) is 0 Å². The topological polar surface area (TPSA) is 75.7 Å². The van der Waals surface area contributed by atoms with E-state index in [-0.39, 0.29) is 11.4 Å². The van der Waals surface area contributed by atoms with Crippen LogP contribution in [0.1, 0.15) is 5.56 Å². The second kappa shape index (κ2) is 12.4. The van der Waals surface area contributed by atoms with E-state index in [9.17, 15) is 13.2 Å². The highest BCUT2D eigenvalue weighted by molar-refractivity contribution is 7.98. The standard InChI is InChI=1S/C24H24Cl2N2O4S2/c1-32-22-9-11-23(12-10-22)34(30,31)28(21-7-5-19(25)6-8-21)16-24(29)27-13-14-33-17-18-3-2-4-20(26)15-18/h2-12,15H,13-14,16-17H2,1H3,(H,27,29). The lowest BCUT2D eigenvalue weighted by molar-refractivity contribution is -0.119. The van der Waals surface area contributed by atoms with Gasteiger partial charge in [-0.2, -0.15) is 11.8 Å². The van der Waals surface area contributed by atoms with E-state index < -0.39 is 15.9 Å². The molecule has 0 bridgehead atoms. The van der Waals surface area contributed by atoms with Crippen molar-refractivity contribution in [3.05, 3.63) is 88.4 Å². The number of thioether (sulfide) groups is 1. The van der Waals surface area contributed by atoms with Crippen LogP contribution in [0.3, 0.4) is 0 Å². The summed E-state index contributed by atoms with van der Waals surface area (Å²) in [6.45, 7) is 0.0378. The van der Waals surface area contributed by atoms with E-state index in [1.54, 1.807) is 48.2 Å². The van der Waals surface area contributed by atoms with Crippen LogP contribution in [-0.2, 0) is 20.6 Å². The summed E-state index contributed by atoms with van der Waals surface area (Å²) in [7, 11) is -2.51. The molecule has 0 radical (unpaired) electrons. The van der Waals surface area contributed by atoms with E-state index in [1.165, 1.54) is 19.2 Å². The number of halogens is 2. The molecule has 0 saturated carbocycles. The number of nitrogens with zero attached hydrogens (tertiary/aromatic N) is 1. The number of hydrogen-bond donors (Lipinski definition) is 1. The molecule has 10 heteroatoms. The summed E-state index contributed by atoms with van der Waals surface area (Å²) in [4.78, 5) is 12.7. The van der Waals surface area contributed by atoms with Gasteiger partial charge in [0, 0.05) is 28.1 Å². The van der Waals surface area contributed by atoms with Crippen molar-refractivity contribution in [1.29, 1.82) is 0 Å². The molecule has 3 rings (SSSR count). The van der Waals surface area contributed by atoms with Crippen molar-refractivity contribution in [2.45, 2.75) is 10.6 Å². The number of nitrogens with one attached hydrogen (secondary N) is 1. The Balaban J connectivity index is 1.65. The highest BCUT2D eigenvalue weighted by Gasteiger charge is 2.27. The highest BCUT2D eigenvalue weighted by Crippen LogP contribution is 2.26. The Morgan fingerprint density at radius 1 is 1.00 bits per heavy atom. The molecule has 1 N–H and O–H groups in total. The maximum absolute atomic E-state index is 13.4. The van der Waals surface area contributed by atoms with E-state index in [1.807, 2.05) is 24.3 Å². The van der Waals surface area contributed by atoms with Crippen molar-refractivity contribution in [2.75, 3.05) is 30.3 Å². The zero-order valence-electron chi connectivity index (χ0n) is 18.4. The van der Waals surface area contributed by atoms with E-state index in [0.29, 0.717) is 33.8 Å². The average Bonchev–Trinajstić information content (AvgIpc) is 2.83. The predicted octanol–water partition coefficient (Wildman–Crippen LogP) is 5.25. The van der Waals surface area contributed by atoms with Crippen molar-refractivity contribution in [3.63, 3.8) is 0 Å². The van der Waals surface area contributed by atoms with Gasteiger partial charge in [-0.15, -0.1) is 0 Å². The molecule has 0 heterocycles. The number of amides is 1. The van der Waals surface area contributed by atoms with Gasteiger partial charge < -0.3 is 10.1 Å². The summed E-state index contributed by atoms with van der Waals surface area (Å²) in [6.07, 6.45) is 0. The first-order valence-corrected chi connectivity index (χ1v) is 13.7. The minimum Gasteiger partial charge on any atom is -0.497 e. The predicted molar refractivity (Wildman–Crippen MR) is 140 cm³/mol. The first-order valence-electron chi connectivity index (χ1n) is 10.3. The fraction of sp³-hybridized carbons (Fsp3) is 0.208. The maximum Gasteiger partial charge on any atom is 0.264 e. The second-order valence-electron chi connectivity index (χ2n) is 7.20. The number of rotatable bonds is 11. The van der Waals surface area contributed by atoms with E-state index >= 15 is 0 Å².